The summed E-state index contributed by atoms with van der Waals surface area (Å²) in [5.74, 6) is -0.129. The van der Waals surface area contributed by atoms with Crippen LogP contribution in [0.15, 0.2) is 49.1 Å². The molecule has 23 heavy (non-hydrogen) atoms. The van der Waals surface area contributed by atoms with Crippen molar-refractivity contribution in [2.24, 2.45) is 0 Å². The van der Waals surface area contributed by atoms with E-state index in [-0.39, 0.29) is 12.5 Å². The van der Waals surface area contributed by atoms with Crippen LogP contribution in [0.25, 0.3) is 11.3 Å². The average Bonchev–Trinajstić information content (AvgIpc) is 3.02. The summed E-state index contributed by atoms with van der Waals surface area (Å²) in [7, 11) is 0. The second-order valence-electron chi connectivity index (χ2n) is 5.13. The van der Waals surface area contributed by atoms with Gasteiger partial charge in [-0.25, -0.2) is 4.68 Å². The molecule has 7 nitrogen and oxygen atoms in total. The van der Waals surface area contributed by atoms with Crippen molar-refractivity contribution in [1.29, 1.82) is 0 Å². The molecule has 1 N–H and O–H groups in total. The van der Waals surface area contributed by atoms with E-state index in [4.69, 9.17) is 0 Å². The van der Waals surface area contributed by atoms with Crippen LogP contribution in [0, 0.1) is 6.92 Å². The number of rotatable bonds is 5. The average molecular weight is 308 g/mol. The fourth-order valence-corrected chi connectivity index (χ4v) is 2.12. The lowest BCUT2D eigenvalue weighted by Crippen LogP contribution is -2.27. The summed E-state index contributed by atoms with van der Waals surface area (Å²) in [4.78, 5) is 20.1. The minimum atomic E-state index is -0.129. The molecule has 116 valence electrons. The van der Waals surface area contributed by atoms with E-state index >= 15 is 0 Å². The Balaban J connectivity index is 1.59. The molecule has 0 fully saturated rings. The standard InChI is InChI=1S/C16H16N6O/c1-12-7-14(4-6-18-12)15-10-22(21-20-15)11-16(23)19-9-13-3-2-5-17-8-13/h2-8,10H,9,11H2,1H3,(H,19,23). The highest BCUT2D eigenvalue weighted by molar-refractivity contribution is 5.75. The summed E-state index contributed by atoms with van der Waals surface area (Å²) in [6.07, 6.45) is 6.89. The van der Waals surface area contributed by atoms with Crippen LogP contribution in [0.3, 0.4) is 0 Å². The van der Waals surface area contributed by atoms with E-state index in [9.17, 15) is 4.79 Å². The highest BCUT2D eigenvalue weighted by Gasteiger charge is 2.08. The molecule has 0 aliphatic carbocycles. The van der Waals surface area contributed by atoms with E-state index in [2.05, 4.69) is 25.6 Å². The first-order valence-electron chi connectivity index (χ1n) is 7.19. The van der Waals surface area contributed by atoms with Gasteiger partial charge in [0.15, 0.2) is 0 Å². The van der Waals surface area contributed by atoms with E-state index in [1.807, 2.05) is 31.2 Å². The van der Waals surface area contributed by atoms with Crippen molar-refractivity contribution in [1.82, 2.24) is 30.3 Å². The first-order valence-corrected chi connectivity index (χ1v) is 7.19. The van der Waals surface area contributed by atoms with Gasteiger partial charge in [0.2, 0.25) is 5.91 Å². The molecule has 7 heteroatoms. The van der Waals surface area contributed by atoms with Gasteiger partial charge in [-0.2, -0.15) is 0 Å². The van der Waals surface area contributed by atoms with Gasteiger partial charge in [-0.1, -0.05) is 11.3 Å². The van der Waals surface area contributed by atoms with E-state index in [0.29, 0.717) is 6.54 Å². The number of carbonyl (C=O) groups excluding carboxylic acids is 1. The smallest absolute Gasteiger partial charge is 0.242 e. The third kappa shape index (κ3) is 3.97. The van der Waals surface area contributed by atoms with Gasteiger partial charge in [0, 0.05) is 36.4 Å². The Hall–Kier alpha value is -3.09. The van der Waals surface area contributed by atoms with Crippen molar-refractivity contribution in [2.75, 3.05) is 0 Å². The summed E-state index contributed by atoms with van der Waals surface area (Å²) in [5, 5.41) is 10.9. The minimum absolute atomic E-state index is 0.122. The zero-order valence-corrected chi connectivity index (χ0v) is 12.7. The molecule has 0 aliphatic rings. The maximum atomic E-state index is 12.0. The van der Waals surface area contributed by atoms with Gasteiger partial charge in [0.1, 0.15) is 12.2 Å². The van der Waals surface area contributed by atoms with Gasteiger partial charge in [-0.3, -0.25) is 14.8 Å². The van der Waals surface area contributed by atoms with Crippen LogP contribution in [-0.4, -0.2) is 30.9 Å². The number of pyridine rings is 2. The first kappa shape index (κ1) is 14.8. The van der Waals surface area contributed by atoms with Gasteiger partial charge in [-0.05, 0) is 30.7 Å². The van der Waals surface area contributed by atoms with Gasteiger partial charge >= 0.3 is 0 Å². The number of carbonyl (C=O) groups is 1. The van der Waals surface area contributed by atoms with E-state index in [1.54, 1.807) is 24.8 Å². The molecular formula is C16H16N6O. The molecule has 0 bridgehead atoms. The maximum Gasteiger partial charge on any atom is 0.242 e. The van der Waals surface area contributed by atoms with Crippen LogP contribution in [0.4, 0.5) is 0 Å². The van der Waals surface area contributed by atoms with Crippen LogP contribution in [-0.2, 0) is 17.9 Å². The quantitative estimate of drug-likeness (QED) is 0.769. The van der Waals surface area contributed by atoms with Crippen LogP contribution >= 0.6 is 0 Å². The Kier molecular flexibility index (Phi) is 4.37. The predicted octanol–water partition coefficient (Wildman–Crippen LogP) is 1.36. The zero-order valence-electron chi connectivity index (χ0n) is 12.7. The van der Waals surface area contributed by atoms with E-state index in [0.717, 1.165) is 22.5 Å². The Bertz CT molecular complexity index is 799. The van der Waals surface area contributed by atoms with Crippen molar-refractivity contribution in [2.45, 2.75) is 20.0 Å². The van der Waals surface area contributed by atoms with Crippen molar-refractivity contribution in [3.8, 4) is 11.3 Å². The Labute approximate surface area is 133 Å². The Morgan fingerprint density at radius 3 is 3.00 bits per heavy atom. The van der Waals surface area contributed by atoms with Crippen molar-refractivity contribution < 1.29 is 4.79 Å². The summed E-state index contributed by atoms with van der Waals surface area (Å²) in [6.45, 7) is 2.48. The normalized spacial score (nSPS) is 10.5. The minimum Gasteiger partial charge on any atom is -0.350 e. The predicted molar refractivity (Wildman–Crippen MR) is 84.1 cm³/mol. The highest BCUT2D eigenvalue weighted by atomic mass is 16.2. The molecule has 3 heterocycles. The second-order valence-corrected chi connectivity index (χ2v) is 5.13. The van der Waals surface area contributed by atoms with Gasteiger partial charge in [0.05, 0.1) is 6.20 Å². The topological polar surface area (TPSA) is 85.6 Å². The fourth-order valence-electron chi connectivity index (χ4n) is 2.12. The van der Waals surface area contributed by atoms with Crippen LogP contribution < -0.4 is 5.32 Å². The molecule has 1 amide bonds. The molecule has 0 saturated carbocycles. The first-order chi connectivity index (χ1) is 11.2. The highest BCUT2D eigenvalue weighted by Crippen LogP contribution is 2.15. The maximum absolute atomic E-state index is 12.0. The lowest BCUT2D eigenvalue weighted by atomic mass is 10.2. The SMILES string of the molecule is Cc1cc(-c2cn(CC(=O)NCc3cccnc3)nn2)ccn1. The largest absolute Gasteiger partial charge is 0.350 e. The molecule has 0 atom stereocenters. The number of aromatic nitrogens is 5. The molecule has 3 aromatic rings. The summed E-state index contributed by atoms with van der Waals surface area (Å²) in [5.41, 5.74) is 3.51. The lowest BCUT2D eigenvalue weighted by molar-refractivity contribution is -0.122. The van der Waals surface area contributed by atoms with Crippen LogP contribution in [0.2, 0.25) is 0 Å². The number of nitrogens with one attached hydrogen (secondary N) is 1. The van der Waals surface area contributed by atoms with Gasteiger partial charge in [-0.15, -0.1) is 5.10 Å². The molecule has 0 unspecified atom stereocenters. The molecule has 0 spiro atoms. The molecular weight excluding hydrogens is 292 g/mol. The van der Waals surface area contributed by atoms with Crippen LogP contribution in [0.1, 0.15) is 11.3 Å². The van der Waals surface area contributed by atoms with Crippen molar-refractivity contribution in [3.63, 3.8) is 0 Å². The lowest BCUT2D eigenvalue weighted by Gasteiger charge is -2.04. The van der Waals surface area contributed by atoms with Gasteiger partial charge in [0.25, 0.3) is 0 Å². The number of nitrogens with zero attached hydrogens (tertiary/aromatic N) is 5. The van der Waals surface area contributed by atoms with Crippen molar-refractivity contribution in [3.05, 3.63) is 60.3 Å². The zero-order chi connectivity index (χ0) is 16.1. The Morgan fingerprint density at radius 1 is 1.30 bits per heavy atom. The Morgan fingerprint density at radius 2 is 2.22 bits per heavy atom. The monoisotopic (exact) mass is 308 g/mol. The number of amides is 1. The fraction of sp³-hybridized carbons (Fsp3) is 0.188. The summed E-state index contributed by atoms with van der Waals surface area (Å²) in [6, 6.07) is 7.54. The molecule has 0 aliphatic heterocycles. The molecule has 0 saturated heterocycles. The third-order valence-corrected chi connectivity index (χ3v) is 3.25. The molecule has 3 aromatic heterocycles. The number of hydrogen-bond donors (Lipinski definition) is 1. The number of aryl methyl sites for hydroxylation is 1. The second kappa shape index (κ2) is 6.78. The van der Waals surface area contributed by atoms with E-state index < -0.39 is 0 Å². The molecule has 0 radical (unpaired) electrons. The number of hydrogen-bond acceptors (Lipinski definition) is 5. The molecule has 3 rings (SSSR count). The summed E-state index contributed by atoms with van der Waals surface area (Å²) >= 11 is 0. The summed E-state index contributed by atoms with van der Waals surface area (Å²) < 4.78 is 1.52. The molecule has 0 aromatic carbocycles. The third-order valence-electron chi connectivity index (χ3n) is 3.25. The van der Waals surface area contributed by atoms with Crippen molar-refractivity contribution >= 4 is 5.91 Å². The van der Waals surface area contributed by atoms with Gasteiger partial charge < -0.3 is 5.32 Å². The van der Waals surface area contributed by atoms with Crippen LogP contribution in [0.5, 0.6) is 0 Å². The van der Waals surface area contributed by atoms with E-state index in [1.165, 1.54) is 4.68 Å².